The highest BCUT2D eigenvalue weighted by atomic mass is 127. The Labute approximate surface area is 122 Å². The second kappa shape index (κ2) is 4.87. The highest BCUT2D eigenvalue weighted by Crippen LogP contribution is 2.28. The lowest BCUT2D eigenvalue weighted by Crippen LogP contribution is -2.20. The average Bonchev–Trinajstić information content (AvgIpc) is 2.80. The predicted octanol–water partition coefficient (Wildman–Crippen LogP) is 1.84. The molecule has 0 fully saturated rings. The molecule has 2 aromatic rings. The van der Waals surface area contributed by atoms with Gasteiger partial charge in [-0.3, -0.25) is 4.57 Å². The van der Waals surface area contributed by atoms with Gasteiger partial charge < -0.3 is 0 Å². The number of hydrogen-bond donors (Lipinski definition) is 1. The maximum absolute atomic E-state index is 11.5. The molecule has 2 aromatic heterocycles. The Hall–Kier alpha value is -0.520. The number of aromatic nitrogens is 3. The summed E-state index contributed by atoms with van der Waals surface area (Å²) >= 11 is 3.76. The van der Waals surface area contributed by atoms with Gasteiger partial charge in [0.1, 0.15) is 0 Å². The minimum absolute atomic E-state index is 0.0964. The molecule has 18 heavy (non-hydrogen) atoms. The monoisotopic (exact) mass is 398 g/mol. The Morgan fingerprint density at radius 3 is 2.56 bits per heavy atom. The lowest BCUT2D eigenvalue weighted by molar-refractivity contribution is 0.524. The fraction of sp³-hybridized carbons (Fsp3) is 0.333. The molecule has 0 spiro atoms. The van der Waals surface area contributed by atoms with Crippen molar-refractivity contribution in [2.24, 2.45) is 5.14 Å². The second-order valence-electron chi connectivity index (χ2n) is 3.95. The molecule has 0 unspecified atom stereocenters. The van der Waals surface area contributed by atoms with Gasteiger partial charge in [0.25, 0.3) is 15.2 Å². The number of halogens is 1. The maximum atomic E-state index is 11.5. The van der Waals surface area contributed by atoms with Crippen LogP contribution < -0.4 is 5.14 Å². The molecule has 0 saturated carbocycles. The van der Waals surface area contributed by atoms with Gasteiger partial charge in [-0.05, 0) is 42.5 Å². The van der Waals surface area contributed by atoms with Crippen molar-refractivity contribution in [3.8, 4) is 11.4 Å². The zero-order valence-electron chi connectivity index (χ0n) is 9.66. The standard InChI is InChI=1S/C9H11IN4O2S2/c1-5(2)14-8(6-3-7(10)17-4-6)12-13-9(14)18(11,15)16/h3-5H,1-2H3,(H2,11,15,16). The van der Waals surface area contributed by atoms with Gasteiger partial charge in [-0.2, -0.15) is 0 Å². The molecule has 0 aliphatic carbocycles. The van der Waals surface area contributed by atoms with Crippen LogP contribution in [0.5, 0.6) is 0 Å². The van der Waals surface area contributed by atoms with E-state index in [0.29, 0.717) is 5.82 Å². The first-order chi connectivity index (χ1) is 8.30. The Morgan fingerprint density at radius 1 is 1.44 bits per heavy atom. The molecule has 6 nitrogen and oxygen atoms in total. The van der Waals surface area contributed by atoms with E-state index in [-0.39, 0.29) is 11.2 Å². The molecule has 2 rings (SSSR count). The summed E-state index contributed by atoms with van der Waals surface area (Å²) in [6.45, 7) is 3.72. The number of hydrogen-bond acceptors (Lipinski definition) is 5. The minimum Gasteiger partial charge on any atom is -0.294 e. The number of thiophene rings is 1. The summed E-state index contributed by atoms with van der Waals surface area (Å²) in [5.41, 5.74) is 0.848. The first-order valence-corrected chi connectivity index (χ1v) is 8.53. The van der Waals surface area contributed by atoms with Crippen LogP contribution in [0.1, 0.15) is 19.9 Å². The smallest absolute Gasteiger partial charge is 0.273 e. The Morgan fingerprint density at radius 2 is 2.11 bits per heavy atom. The van der Waals surface area contributed by atoms with Crippen molar-refractivity contribution in [3.05, 3.63) is 14.3 Å². The second-order valence-corrected chi connectivity index (χ2v) is 8.22. The van der Waals surface area contributed by atoms with Crippen molar-refractivity contribution >= 4 is 44.0 Å². The van der Waals surface area contributed by atoms with E-state index >= 15 is 0 Å². The van der Waals surface area contributed by atoms with Crippen LogP contribution in [0.25, 0.3) is 11.4 Å². The molecule has 0 atom stereocenters. The summed E-state index contributed by atoms with van der Waals surface area (Å²) in [4.78, 5) is 0. The van der Waals surface area contributed by atoms with Crippen molar-refractivity contribution in [2.75, 3.05) is 0 Å². The normalized spacial score (nSPS) is 12.3. The molecule has 0 saturated heterocycles. The van der Waals surface area contributed by atoms with E-state index in [9.17, 15) is 8.42 Å². The number of nitrogens with two attached hydrogens (primary N) is 1. The molecule has 0 aliphatic rings. The van der Waals surface area contributed by atoms with Crippen LogP contribution in [0.15, 0.2) is 16.6 Å². The maximum Gasteiger partial charge on any atom is 0.273 e. The van der Waals surface area contributed by atoms with E-state index in [0.717, 1.165) is 8.45 Å². The van der Waals surface area contributed by atoms with Crippen molar-refractivity contribution in [2.45, 2.75) is 25.0 Å². The summed E-state index contributed by atoms with van der Waals surface area (Å²) < 4.78 is 25.6. The number of sulfonamides is 1. The van der Waals surface area contributed by atoms with Crippen LogP contribution in [0, 0.1) is 2.88 Å². The lowest BCUT2D eigenvalue weighted by Gasteiger charge is -2.11. The van der Waals surface area contributed by atoms with E-state index < -0.39 is 10.0 Å². The highest BCUT2D eigenvalue weighted by molar-refractivity contribution is 14.1. The quantitative estimate of drug-likeness (QED) is 0.799. The van der Waals surface area contributed by atoms with Crippen LogP contribution in [0.3, 0.4) is 0 Å². The van der Waals surface area contributed by atoms with E-state index in [2.05, 4.69) is 32.8 Å². The lowest BCUT2D eigenvalue weighted by atomic mass is 10.3. The SMILES string of the molecule is CC(C)n1c(-c2csc(I)c2)nnc1S(N)(=O)=O. The van der Waals surface area contributed by atoms with Crippen molar-refractivity contribution in [1.82, 2.24) is 14.8 Å². The fourth-order valence-electron chi connectivity index (χ4n) is 1.56. The van der Waals surface area contributed by atoms with Crippen LogP contribution in [-0.4, -0.2) is 23.2 Å². The topological polar surface area (TPSA) is 90.9 Å². The average molecular weight is 398 g/mol. The molecule has 0 aromatic carbocycles. The molecule has 2 N–H and O–H groups in total. The molecule has 0 aliphatic heterocycles. The van der Waals surface area contributed by atoms with Gasteiger partial charge in [-0.15, -0.1) is 21.5 Å². The van der Waals surface area contributed by atoms with E-state index in [4.69, 9.17) is 5.14 Å². The summed E-state index contributed by atoms with van der Waals surface area (Å²) in [5.74, 6) is 0.521. The largest absolute Gasteiger partial charge is 0.294 e. The third-order valence-corrected chi connectivity index (χ3v) is 4.84. The molecule has 2 heterocycles. The van der Waals surface area contributed by atoms with Gasteiger partial charge in [0.2, 0.25) is 0 Å². The molecule has 9 heteroatoms. The van der Waals surface area contributed by atoms with Gasteiger partial charge >= 0.3 is 0 Å². The summed E-state index contributed by atoms with van der Waals surface area (Å²) in [7, 11) is -3.87. The molecule has 0 bridgehead atoms. The Balaban J connectivity index is 2.67. The van der Waals surface area contributed by atoms with E-state index in [1.807, 2.05) is 25.3 Å². The van der Waals surface area contributed by atoms with Gasteiger partial charge in [-0.25, -0.2) is 13.6 Å². The molecule has 0 radical (unpaired) electrons. The van der Waals surface area contributed by atoms with Crippen molar-refractivity contribution in [3.63, 3.8) is 0 Å². The third kappa shape index (κ3) is 2.58. The van der Waals surface area contributed by atoms with Crippen molar-refractivity contribution in [1.29, 1.82) is 0 Å². The van der Waals surface area contributed by atoms with Crippen LogP contribution in [0.2, 0.25) is 0 Å². The molecular weight excluding hydrogens is 387 g/mol. The highest BCUT2D eigenvalue weighted by Gasteiger charge is 2.24. The Bertz CT molecular complexity index is 675. The zero-order valence-corrected chi connectivity index (χ0v) is 13.5. The third-order valence-electron chi connectivity index (χ3n) is 2.26. The summed E-state index contributed by atoms with van der Waals surface area (Å²) in [5, 5.41) is 14.5. The number of nitrogens with zero attached hydrogens (tertiary/aromatic N) is 3. The minimum atomic E-state index is -3.87. The van der Waals surface area contributed by atoms with Crippen LogP contribution in [0.4, 0.5) is 0 Å². The van der Waals surface area contributed by atoms with E-state index in [1.165, 1.54) is 4.57 Å². The summed E-state index contributed by atoms with van der Waals surface area (Å²) in [6, 6.07) is 1.84. The number of rotatable bonds is 3. The van der Waals surface area contributed by atoms with Gasteiger partial charge in [-0.1, -0.05) is 0 Å². The molecule has 98 valence electrons. The van der Waals surface area contributed by atoms with Gasteiger partial charge in [0.05, 0.1) is 2.88 Å². The van der Waals surface area contributed by atoms with Crippen molar-refractivity contribution < 1.29 is 8.42 Å². The van der Waals surface area contributed by atoms with Gasteiger partial charge in [0.15, 0.2) is 5.82 Å². The zero-order chi connectivity index (χ0) is 13.5. The summed E-state index contributed by atoms with van der Waals surface area (Å²) in [6.07, 6.45) is 0. The first kappa shape index (κ1) is 13.9. The van der Waals surface area contributed by atoms with Gasteiger partial charge in [0, 0.05) is 17.0 Å². The fourth-order valence-corrected chi connectivity index (χ4v) is 3.61. The number of primary sulfonamides is 1. The Kier molecular flexibility index (Phi) is 3.76. The molecular formula is C9H11IN4O2S2. The van der Waals surface area contributed by atoms with E-state index in [1.54, 1.807) is 11.3 Å². The van der Waals surface area contributed by atoms with Crippen LogP contribution in [-0.2, 0) is 10.0 Å². The first-order valence-electron chi connectivity index (χ1n) is 5.03. The van der Waals surface area contributed by atoms with Crippen LogP contribution >= 0.6 is 33.9 Å². The predicted molar refractivity (Wildman–Crippen MR) is 77.8 cm³/mol. The molecule has 0 amide bonds.